The van der Waals surface area contributed by atoms with Gasteiger partial charge in [-0.05, 0) is 42.3 Å². The Morgan fingerprint density at radius 1 is 0.963 bits per heavy atom. The average molecular weight is 376 g/mol. The zero-order valence-corrected chi connectivity index (χ0v) is 14.1. The monoisotopic (exact) mass is 376 g/mol. The Morgan fingerprint density at radius 3 is 2.56 bits per heavy atom. The van der Waals surface area contributed by atoms with Gasteiger partial charge in [0.15, 0.2) is 0 Å². The molecule has 0 bridgehead atoms. The van der Waals surface area contributed by atoms with Crippen molar-refractivity contribution in [3.63, 3.8) is 0 Å². The van der Waals surface area contributed by atoms with Crippen LogP contribution in [0.1, 0.15) is 11.1 Å². The average Bonchev–Trinajstić information content (AvgIpc) is 2.63. The molecule has 0 unspecified atom stereocenters. The number of halogens is 4. The van der Waals surface area contributed by atoms with Crippen molar-refractivity contribution in [3.8, 4) is 0 Å². The van der Waals surface area contributed by atoms with E-state index in [1.807, 2.05) is 0 Å². The Balaban J connectivity index is 1.63. The Morgan fingerprint density at radius 2 is 1.78 bits per heavy atom. The Hall–Kier alpha value is -3.16. The lowest BCUT2D eigenvalue weighted by Gasteiger charge is -2.11. The van der Waals surface area contributed by atoms with Crippen LogP contribution in [0.4, 0.5) is 35.0 Å². The molecule has 2 aromatic carbocycles. The fourth-order valence-corrected chi connectivity index (χ4v) is 2.44. The van der Waals surface area contributed by atoms with Crippen LogP contribution in [0.2, 0.25) is 0 Å². The van der Waals surface area contributed by atoms with Gasteiger partial charge in [0.05, 0.1) is 5.56 Å². The summed E-state index contributed by atoms with van der Waals surface area (Å²) in [6, 6.07) is 12.9. The number of benzene rings is 2. The van der Waals surface area contributed by atoms with Gasteiger partial charge in [0.25, 0.3) is 0 Å². The van der Waals surface area contributed by atoms with Crippen LogP contribution in [-0.4, -0.2) is 16.5 Å². The summed E-state index contributed by atoms with van der Waals surface area (Å²) in [7, 11) is 0. The molecular formula is C19H16F4N4. The molecule has 1 aromatic heterocycles. The number of anilines is 3. The molecule has 0 spiro atoms. The number of rotatable bonds is 6. The molecule has 8 heteroatoms. The largest absolute Gasteiger partial charge is 0.416 e. The summed E-state index contributed by atoms with van der Waals surface area (Å²) < 4.78 is 52.0. The standard InChI is InChI=1S/C19H16F4N4/c20-16-7-2-1-4-13(16)8-10-24-18-25-11-9-17(27-18)26-15-6-3-5-14(12-15)19(21,22)23/h1-7,9,11-12H,8,10H2,(H2,24,25,26,27). The molecule has 1 heterocycles. The van der Waals surface area contributed by atoms with Gasteiger partial charge in [-0.3, -0.25) is 0 Å². The molecule has 0 fully saturated rings. The Labute approximate surface area is 153 Å². The summed E-state index contributed by atoms with van der Waals surface area (Å²) >= 11 is 0. The van der Waals surface area contributed by atoms with Crippen LogP contribution in [0.15, 0.2) is 60.8 Å². The van der Waals surface area contributed by atoms with Gasteiger partial charge in [-0.25, -0.2) is 9.37 Å². The summed E-state index contributed by atoms with van der Waals surface area (Å²) in [6.45, 7) is 0.411. The van der Waals surface area contributed by atoms with Gasteiger partial charge in [-0.2, -0.15) is 18.2 Å². The van der Waals surface area contributed by atoms with E-state index in [9.17, 15) is 17.6 Å². The number of hydrogen-bond donors (Lipinski definition) is 2. The molecule has 0 amide bonds. The van der Waals surface area contributed by atoms with Crippen molar-refractivity contribution >= 4 is 17.5 Å². The zero-order chi connectivity index (χ0) is 19.3. The van der Waals surface area contributed by atoms with Crippen LogP contribution in [-0.2, 0) is 12.6 Å². The lowest BCUT2D eigenvalue weighted by atomic mass is 10.1. The van der Waals surface area contributed by atoms with Crippen molar-refractivity contribution in [2.75, 3.05) is 17.2 Å². The molecule has 140 valence electrons. The maximum atomic E-state index is 13.6. The van der Waals surface area contributed by atoms with Crippen LogP contribution < -0.4 is 10.6 Å². The molecule has 2 N–H and O–H groups in total. The number of aromatic nitrogens is 2. The van der Waals surface area contributed by atoms with Crippen molar-refractivity contribution < 1.29 is 17.6 Å². The number of alkyl halides is 3. The highest BCUT2D eigenvalue weighted by molar-refractivity contribution is 5.58. The third kappa shape index (κ3) is 5.16. The molecule has 4 nitrogen and oxygen atoms in total. The van der Waals surface area contributed by atoms with Crippen LogP contribution in [0, 0.1) is 5.82 Å². The van der Waals surface area contributed by atoms with E-state index >= 15 is 0 Å². The summed E-state index contributed by atoms with van der Waals surface area (Å²) in [5.41, 5.74) is 0.0915. The summed E-state index contributed by atoms with van der Waals surface area (Å²) in [4.78, 5) is 8.26. The predicted molar refractivity (Wildman–Crippen MR) is 95.4 cm³/mol. The number of hydrogen-bond acceptors (Lipinski definition) is 4. The summed E-state index contributed by atoms with van der Waals surface area (Å²) in [5.74, 6) is 0.362. The molecule has 0 aliphatic carbocycles. The highest BCUT2D eigenvalue weighted by Crippen LogP contribution is 2.31. The van der Waals surface area contributed by atoms with E-state index in [1.165, 1.54) is 24.4 Å². The van der Waals surface area contributed by atoms with Crippen LogP contribution in [0.3, 0.4) is 0 Å². The van der Waals surface area contributed by atoms with Gasteiger partial charge in [0, 0.05) is 18.4 Å². The first kappa shape index (κ1) is 18.6. The van der Waals surface area contributed by atoms with Crippen molar-refractivity contribution in [1.82, 2.24) is 9.97 Å². The number of nitrogens with one attached hydrogen (secondary N) is 2. The predicted octanol–water partition coefficient (Wildman–Crippen LogP) is 5.03. The molecule has 0 saturated carbocycles. The Bertz CT molecular complexity index is 912. The normalized spacial score (nSPS) is 11.3. The fraction of sp³-hybridized carbons (Fsp3) is 0.158. The second-order valence-electron chi connectivity index (χ2n) is 5.74. The maximum Gasteiger partial charge on any atom is 0.416 e. The van der Waals surface area contributed by atoms with E-state index in [-0.39, 0.29) is 11.5 Å². The molecule has 0 aliphatic heterocycles. The van der Waals surface area contributed by atoms with Gasteiger partial charge in [0.1, 0.15) is 11.6 Å². The fourth-order valence-electron chi connectivity index (χ4n) is 2.44. The van der Waals surface area contributed by atoms with Gasteiger partial charge >= 0.3 is 6.18 Å². The van der Waals surface area contributed by atoms with E-state index < -0.39 is 11.7 Å². The third-order valence-electron chi connectivity index (χ3n) is 3.75. The topological polar surface area (TPSA) is 49.8 Å². The highest BCUT2D eigenvalue weighted by atomic mass is 19.4. The van der Waals surface area contributed by atoms with Crippen molar-refractivity contribution in [1.29, 1.82) is 0 Å². The number of nitrogens with zero attached hydrogens (tertiary/aromatic N) is 2. The molecule has 0 atom stereocenters. The first-order valence-corrected chi connectivity index (χ1v) is 8.16. The van der Waals surface area contributed by atoms with E-state index in [0.29, 0.717) is 30.3 Å². The molecule has 3 aromatic rings. The Kier molecular flexibility index (Phi) is 5.54. The van der Waals surface area contributed by atoms with Crippen molar-refractivity contribution in [2.45, 2.75) is 12.6 Å². The smallest absolute Gasteiger partial charge is 0.354 e. The molecule has 3 rings (SSSR count). The second kappa shape index (κ2) is 8.03. The highest BCUT2D eigenvalue weighted by Gasteiger charge is 2.30. The molecule has 27 heavy (non-hydrogen) atoms. The lowest BCUT2D eigenvalue weighted by molar-refractivity contribution is -0.137. The quantitative estimate of drug-likeness (QED) is 0.592. The summed E-state index contributed by atoms with van der Waals surface area (Å²) in [6.07, 6.45) is -2.49. The SMILES string of the molecule is Fc1ccccc1CCNc1nccc(Nc2cccc(C(F)(F)F)c2)n1. The molecule has 0 saturated heterocycles. The van der Waals surface area contributed by atoms with Crippen LogP contribution in [0.25, 0.3) is 0 Å². The van der Waals surface area contributed by atoms with E-state index in [2.05, 4.69) is 20.6 Å². The van der Waals surface area contributed by atoms with Crippen molar-refractivity contribution in [3.05, 3.63) is 77.7 Å². The molecule has 0 aliphatic rings. The minimum Gasteiger partial charge on any atom is -0.354 e. The minimum absolute atomic E-state index is 0.265. The second-order valence-corrected chi connectivity index (χ2v) is 5.74. The van der Waals surface area contributed by atoms with E-state index in [4.69, 9.17) is 0 Å². The van der Waals surface area contributed by atoms with Gasteiger partial charge in [-0.15, -0.1) is 0 Å². The molecular weight excluding hydrogens is 360 g/mol. The molecule has 0 radical (unpaired) electrons. The summed E-state index contributed by atoms with van der Waals surface area (Å²) in [5, 5.41) is 5.80. The maximum absolute atomic E-state index is 13.6. The lowest BCUT2D eigenvalue weighted by Crippen LogP contribution is -2.09. The van der Waals surface area contributed by atoms with Gasteiger partial charge in [-0.1, -0.05) is 24.3 Å². The van der Waals surface area contributed by atoms with Crippen LogP contribution in [0.5, 0.6) is 0 Å². The minimum atomic E-state index is -4.41. The first-order valence-electron chi connectivity index (χ1n) is 8.16. The van der Waals surface area contributed by atoms with Crippen molar-refractivity contribution in [2.24, 2.45) is 0 Å². The van der Waals surface area contributed by atoms with Crippen LogP contribution >= 0.6 is 0 Å². The first-order chi connectivity index (χ1) is 12.9. The zero-order valence-electron chi connectivity index (χ0n) is 14.1. The third-order valence-corrected chi connectivity index (χ3v) is 3.75. The van der Waals surface area contributed by atoms with Gasteiger partial charge in [0.2, 0.25) is 5.95 Å². The van der Waals surface area contributed by atoms with E-state index in [1.54, 1.807) is 24.3 Å². The van der Waals surface area contributed by atoms with Gasteiger partial charge < -0.3 is 10.6 Å². The van der Waals surface area contributed by atoms with E-state index in [0.717, 1.165) is 12.1 Å².